The van der Waals surface area contributed by atoms with Crippen molar-refractivity contribution >= 4 is 28.7 Å². The summed E-state index contributed by atoms with van der Waals surface area (Å²) in [7, 11) is 0. The van der Waals surface area contributed by atoms with Gasteiger partial charge >= 0.3 is 24.0 Å². The molecule has 0 fully saturated rings. The second-order valence-electron chi connectivity index (χ2n) is 7.77. The molecule has 0 radical (unpaired) electrons. The van der Waals surface area contributed by atoms with E-state index in [1.807, 2.05) is 6.07 Å². The van der Waals surface area contributed by atoms with E-state index in [2.05, 4.69) is 4.98 Å². The summed E-state index contributed by atoms with van der Waals surface area (Å²) in [5.74, 6) is -5.26. The zero-order valence-electron chi connectivity index (χ0n) is 18.6. The van der Waals surface area contributed by atoms with Crippen molar-refractivity contribution in [3.63, 3.8) is 0 Å². The van der Waals surface area contributed by atoms with Crippen molar-refractivity contribution in [2.75, 3.05) is 13.2 Å². The Morgan fingerprint density at radius 3 is 2.35 bits per heavy atom. The number of halogens is 3. The average molecular weight is 479 g/mol. The summed E-state index contributed by atoms with van der Waals surface area (Å²) >= 11 is 0. The fourth-order valence-corrected chi connectivity index (χ4v) is 4.34. The number of nitrogens with one attached hydrogen (secondary N) is 1. The van der Waals surface area contributed by atoms with Gasteiger partial charge in [-0.05, 0) is 38.3 Å². The zero-order chi connectivity index (χ0) is 25.0. The molecule has 1 aromatic heterocycles. The molecule has 1 N–H and O–H groups in total. The fourth-order valence-electron chi connectivity index (χ4n) is 4.34. The maximum atomic E-state index is 13.5. The Kier molecular flexibility index (Phi) is 7.49. The van der Waals surface area contributed by atoms with E-state index in [0.29, 0.717) is 21.7 Å². The summed E-state index contributed by atoms with van der Waals surface area (Å²) in [5, 5.41) is 10.4. The van der Waals surface area contributed by atoms with Gasteiger partial charge < -0.3 is 19.4 Å². The van der Waals surface area contributed by atoms with Gasteiger partial charge in [-0.2, -0.15) is 18.4 Å². The minimum atomic E-state index is -5.21. The first kappa shape index (κ1) is 25.1. The van der Waals surface area contributed by atoms with Crippen LogP contribution in [0.5, 0.6) is 0 Å². The molecule has 8 nitrogen and oxygen atoms in total. The van der Waals surface area contributed by atoms with Crippen LogP contribution in [-0.2, 0) is 30.3 Å². The van der Waals surface area contributed by atoms with Gasteiger partial charge in [0.1, 0.15) is 6.04 Å². The highest BCUT2D eigenvalue weighted by atomic mass is 19.4. The molecule has 1 aliphatic rings. The summed E-state index contributed by atoms with van der Waals surface area (Å²) in [5.41, 5.74) is 1.61. The molecule has 0 saturated heterocycles. The maximum absolute atomic E-state index is 13.5. The van der Waals surface area contributed by atoms with Crippen molar-refractivity contribution in [3.05, 3.63) is 35.5 Å². The molecule has 1 amide bonds. The van der Waals surface area contributed by atoms with Crippen LogP contribution in [0.4, 0.5) is 13.2 Å². The highest BCUT2D eigenvalue weighted by Gasteiger charge is 2.50. The second-order valence-corrected chi connectivity index (χ2v) is 7.77. The minimum Gasteiger partial charge on any atom is -0.465 e. The average Bonchev–Trinajstić information content (AvgIpc) is 3.16. The number of fused-ring (bicyclic) bond motifs is 3. The number of rotatable bonds is 7. The number of esters is 2. The van der Waals surface area contributed by atoms with E-state index >= 15 is 0 Å². The van der Waals surface area contributed by atoms with Crippen molar-refractivity contribution in [1.29, 1.82) is 5.26 Å². The number of amides is 1. The second kappa shape index (κ2) is 10.2. The van der Waals surface area contributed by atoms with Crippen LogP contribution >= 0.6 is 0 Å². The number of alkyl halides is 3. The van der Waals surface area contributed by atoms with Crippen LogP contribution in [0.3, 0.4) is 0 Å². The van der Waals surface area contributed by atoms with Gasteiger partial charge in [0.2, 0.25) is 0 Å². The van der Waals surface area contributed by atoms with Crippen LogP contribution in [0.2, 0.25) is 0 Å². The number of nitrogens with zero attached hydrogens (tertiary/aromatic N) is 2. The Bertz CT molecular complexity index is 1100. The normalized spacial score (nSPS) is 17.9. The van der Waals surface area contributed by atoms with E-state index in [0.717, 1.165) is 5.39 Å². The maximum Gasteiger partial charge on any atom is 0.471 e. The number of aromatic nitrogens is 1. The van der Waals surface area contributed by atoms with Gasteiger partial charge in [0.15, 0.2) is 5.92 Å². The Labute approximate surface area is 193 Å². The number of benzene rings is 1. The molecular weight excluding hydrogens is 455 g/mol. The molecule has 2 atom stereocenters. The lowest BCUT2D eigenvalue weighted by Gasteiger charge is -2.39. The van der Waals surface area contributed by atoms with Crippen LogP contribution in [0, 0.1) is 17.2 Å². The van der Waals surface area contributed by atoms with Crippen LogP contribution in [0.15, 0.2) is 24.3 Å². The van der Waals surface area contributed by atoms with E-state index in [-0.39, 0.29) is 32.5 Å². The third kappa shape index (κ3) is 4.85. The van der Waals surface area contributed by atoms with Crippen molar-refractivity contribution < 1.29 is 37.0 Å². The quantitative estimate of drug-likeness (QED) is 0.480. The Morgan fingerprint density at radius 2 is 1.79 bits per heavy atom. The first-order chi connectivity index (χ1) is 16.1. The Morgan fingerprint density at radius 1 is 1.18 bits per heavy atom. The summed E-state index contributed by atoms with van der Waals surface area (Å²) in [4.78, 5) is 40.7. The third-order valence-electron chi connectivity index (χ3n) is 5.75. The summed E-state index contributed by atoms with van der Waals surface area (Å²) in [6, 6.07) is 6.24. The summed E-state index contributed by atoms with van der Waals surface area (Å²) in [6.45, 7) is 3.11. The Hall–Kier alpha value is -3.55. The smallest absolute Gasteiger partial charge is 0.465 e. The SMILES string of the molecule is CCOC(=O)C(CCC1c2[nH]c3ccccc3c2CC(C#N)N1C(=O)C(F)(F)F)C(=O)OCC. The monoisotopic (exact) mass is 479 g/mol. The number of carbonyl (C=O) groups excluding carboxylic acids is 3. The van der Waals surface area contributed by atoms with Gasteiger partial charge in [-0.25, -0.2) is 0 Å². The number of para-hydroxylation sites is 1. The molecule has 0 aliphatic carbocycles. The molecule has 0 bridgehead atoms. The lowest BCUT2D eigenvalue weighted by Crippen LogP contribution is -2.51. The molecule has 2 unspecified atom stereocenters. The van der Waals surface area contributed by atoms with Gasteiger partial charge in [-0.3, -0.25) is 14.4 Å². The molecule has 34 heavy (non-hydrogen) atoms. The molecule has 2 heterocycles. The van der Waals surface area contributed by atoms with Crippen LogP contribution in [-0.4, -0.2) is 53.2 Å². The molecule has 0 saturated carbocycles. The molecule has 0 spiro atoms. The molecule has 3 rings (SSSR count). The van der Waals surface area contributed by atoms with Gasteiger partial charge in [0.05, 0.1) is 25.3 Å². The topological polar surface area (TPSA) is 112 Å². The van der Waals surface area contributed by atoms with Crippen LogP contribution < -0.4 is 0 Å². The number of H-pyrrole nitrogens is 1. The first-order valence-electron chi connectivity index (χ1n) is 10.9. The van der Waals surface area contributed by atoms with E-state index in [4.69, 9.17) is 9.47 Å². The predicted molar refractivity (Wildman–Crippen MR) is 113 cm³/mol. The first-order valence-corrected chi connectivity index (χ1v) is 10.9. The number of ether oxygens (including phenoxy) is 2. The van der Waals surface area contributed by atoms with Crippen molar-refractivity contribution in [2.24, 2.45) is 5.92 Å². The lowest BCUT2D eigenvalue weighted by atomic mass is 9.88. The van der Waals surface area contributed by atoms with Gasteiger partial charge in [-0.1, -0.05) is 18.2 Å². The lowest BCUT2D eigenvalue weighted by molar-refractivity contribution is -0.190. The molecule has 182 valence electrons. The molecule has 2 aromatic rings. The van der Waals surface area contributed by atoms with Crippen molar-refractivity contribution in [2.45, 2.75) is 51.4 Å². The van der Waals surface area contributed by atoms with Crippen LogP contribution in [0.25, 0.3) is 10.9 Å². The number of aromatic amines is 1. The zero-order valence-corrected chi connectivity index (χ0v) is 18.6. The number of carbonyl (C=O) groups is 3. The van der Waals surface area contributed by atoms with E-state index in [9.17, 15) is 32.8 Å². The van der Waals surface area contributed by atoms with Gasteiger partial charge in [-0.15, -0.1) is 0 Å². The summed E-state index contributed by atoms with van der Waals surface area (Å²) in [6.07, 6.45) is -5.75. The largest absolute Gasteiger partial charge is 0.471 e. The molecule has 11 heteroatoms. The number of hydrogen-bond donors (Lipinski definition) is 1. The fraction of sp³-hybridized carbons (Fsp3) is 0.478. The molecular formula is C23H24F3N3O5. The Balaban J connectivity index is 2.05. The van der Waals surface area contributed by atoms with Crippen molar-refractivity contribution in [1.82, 2.24) is 9.88 Å². The number of hydrogen-bond acceptors (Lipinski definition) is 6. The van der Waals surface area contributed by atoms with E-state index < -0.39 is 42.0 Å². The van der Waals surface area contributed by atoms with Crippen molar-refractivity contribution in [3.8, 4) is 6.07 Å². The van der Waals surface area contributed by atoms with Gasteiger partial charge in [0, 0.05) is 23.0 Å². The van der Waals surface area contributed by atoms with Gasteiger partial charge in [0.25, 0.3) is 0 Å². The van der Waals surface area contributed by atoms with Crippen LogP contribution in [0.1, 0.15) is 44.0 Å². The highest BCUT2D eigenvalue weighted by molar-refractivity contribution is 5.95. The van der Waals surface area contributed by atoms with E-state index in [1.165, 1.54) is 0 Å². The third-order valence-corrected chi connectivity index (χ3v) is 5.75. The van der Waals surface area contributed by atoms with E-state index in [1.54, 1.807) is 38.1 Å². The highest BCUT2D eigenvalue weighted by Crippen LogP contribution is 2.42. The minimum absolute atomic E-state index is 0.000472. The molecule has 1 aliphatic heterocycles. The molecule has 1 aromatic carbocycles. The predicted octanol–water partition coefficient (Wildman–Crippen LogP) is 3.57. The number of nitriles is 1. The standard InChI is InChI=1S/C23H24F3N3O5/c1-3-33-20(30)15(21(31)34-4-2)9-10-18-19-16(14-7-5-6-8-17(14)28-19)11-13(12-27)29(18)22(32)23(24,25)26/h5-8,13,15,18,28H,3-4,9-11H2,1-2H3. The summed E-state index contributed by atoms with van der Waals surface area (Å²) < 4.78 is 50.4.